The minimum atomic E-state index is -4.63. The zero-order chi connectivity index (χ0) is 13.3. The van der Waals surface area contributed by atoms with Gasteiger partial charge in [0.2, 0.25) is 0 Å². The summed E-state index contributed by atoms with van der Waals surface area (Å²) in [6.07, 6.45) is -4.22. The van der Waals surface area contributed by atoms with E-state index in [9.17, 15) is 23.1 Å². The summed E-state index contributed by atoms with van der Waals surface area (Å²) in [5.74, 6) is -1.60. The van der Waals surface area contributed by atoms with Crippen molar-refractivity contribution >= 4 is 5.97 Å². The summed E-state index contributed by atoms with van der Waals surface area (Å²) in [5, 5.41) is 18.1. The second-order valence-corrected chi connectivity index (χ2v) is 3.75. The van der Waals surface area contributed by atoms with Crippen molar-refractivity contribution in [1.82, 2.24) is 4.98 Å². The molecule has 0 aromatic carbocycles. The van der Waals surface area contributed by atoms with E-state index in [1.807, 2.05) is 0 Å². The Hall–Kier alpha value is -1.63. The van der Waals surface area contributed by atoms with Crippen LogP contribution in [0.15, 0.2) is 18.3 Å². The molecule has 0 aliphatic rings. The first kappa shape index (κ1) is 13.4. The van der Waals surface area contributed by atoms with Crippen LogP contribution in [0.1, 0.15) is 18.2 Å². The predicted molar refractivity (Wildman–Crippen MR) is 51.2 cm³/mol. The molecule has 0 aliphatic carbocycles. The highest BCUT2D eigenvalue weighted by molar-refractivity contribution is 5.76. The first-order valence-corrected chi connectivity index (χ1v) is 4.61. The lowest BCUT2D eigenvalue weighted by Gasteiger charge is -2.19. The number of halogens is 3. The van der Waals surface area contributed by atoms with Crippen LogP contribution in [0.2, 0.25) is 0 Å². The van der Waals surface area contributed by atoms with Crippen molar-refractivity contribution in [2.45, 2.75) is 25.1 Å². The third-order valence-corrected chi connectivity index (χ3v) is 2.17. The highest BCUT2D eigenvalue weighted by atomic mass is 19.4. The van der Waals surface area contributed by atoms with Crippen LogP contribution in [0.25, 0.3) is 0 Å². The van der Waals surface area contributed by atoms with Crippen LogP contribution in [-0.2, 0) is 17.4 Å². The third kappa shape index (κ3) is 3.16. The lowest BCUT2D eigenvalue weighted by atomic mass is 9.97. The summed E-state index contributed by atoms with van der Waals surface area (Å²) in [5.41, 5.74) is -3.82. The molecule has 1 atom stereocenters. The Bertz CT molecular complexity index is 429. The van der Waals surface area contributed by atoms with Crippen LogP contribution in [0.5, 0.6) is 0 Å². The normalized spacial score (nSPS) is 15.4. The Morgan fingerprint density at radius 2 is 2.06 bits per heavy atom. The summed E-state index contributed by atoms with van der Waals surface area (Å²) in [6, 6.07) is 1.89. The molecule has 0 amide bonds. The van der Waals surface area contributed by atoms with Gasteiger partial charge in [-0.05, 0) is 19.1 Å². The number of aliphatic carboxylic acids is 1. The number of alkyl halides is 3. The maximum absolute atomic E-state index is 12.6. The minimum absolute atomic E-state index is 0.493. The number of carboxylic acids is 1. The van der Waals surface area contributed by atoms with E-state index in [0.717, 1.165) is 25.3 Å². The third-order valence-electron chi connectivity index (χ3n) is 2.17. The molecular weight excluding hydrogens is 239 g/mol. The number of hydrogen-bond acceptors (Lipinski definition) is 3. The quantitative estimate of drug-likeness (QED) is 0.851. The number of aliphatic hydroxyl groups is 1. The Kier molecular flexibility index (Phi) is 3.42. The van der Waals surface area contributed by atoms with Crippen LogP contribution in [-0.4, -0.2) is 26.8 Å². The van der Waals surface area contributed by atoms with Gasteiger partial charge in [-0.2, -0.15) is 13.2 Å². The molecule has 7 heteroatoms. The van der Waals surface area contributed by atoms with Gasteiger partial charge in [-0.1, -0.05) is 0 Å². The van der Waals surface area contributed by atoms with Gasteiger partial charge in [0.05, 0.1) is 11.3 Å². The van der Waals surface area contributed by atoms with Gasteiger partial charge in [0.25, 0.3) is 0 Å². The van der Waals surface area contributed by atoms with E-state index >= 15 is 0 Å². The summed E-state index contributed by atoms with van der Waals surface area (Å²) in [7, 11) is 0. The Labute approximate surface area is 94.7 Å². The molecule has 0 spiro atoms. The summed E-state index contributed by atoms with van der Waals surface area (Å²) in [6.45, 7) is 0.921. The van der Waals surface area contributed by atoms with Gasteiger partial charge in [0, 0.05) is 12.6 Å². The highest BCUT2D eigenvalue weighted by Crippen LogP contribution is 2.32. The van der Waals surface area contributed by atoms with E-state index in [-0.39, 0.29) is 0 Å². The van der Waals surface area contributed by atoms with Crippen LogP contribution >= 0.6 is 0 Å². The van der Waals surface area contributed by atoms with Gasteiger partial charge in [-0.3, -0.25) is 4.98 Å². The average molecular weight is 249 g/mol. The Morgan fingerprint density at radius 3 is 2.53 bits per heavy atom. The summed E-state index contributed by atoms with van der Waals surface area (Å²) < 4.78 is 37.7. The molecule has 0 saturated heterocycles. The summed E-state index contributed by atoms with van der Waals surface area (Å²) in [4.78, 5) is 14.1. The van der Waals surface area contributed by atoms with Crippen molar-refractivity contribution < 1.29 is 28.2 Å². The second kappa shape index (κ2) is 4.33. The number of rotatable bonds is 3. The van der Waals surface area contributed by atoms with E-state index in [0.29, 0.717) is 0 Å². The second-order valence-electron chi connectivity index (χ2n) is 3.75. The zero-order valence-corrected chi connectivity index (χ0v) is 8.82. The molecule has 1 aromatic heterocycles. The molecule has 1 rings (SSSR count). The van der Waals surface area contributed by atoms with Gasteiger partial charge in [0.1, 0.15) is 0 Å². The predicted octanol–water partition coefficient (Wildman–Crippen LogP) is 1.48. The maximum Gasteiger partial charge on any atom is 0.418 e. The van der Waals surface area contributed by atoms with Crippen molar-refractivity contribution in [3.05, 3.63) is 29.6 Å². The van der Waals surface area contributed by atoms with Gasteiger partial charge in [0.15, 0.2) is 5.60 Å². The lowest BCUT2D eigenvalue weighted by Crippen LogP contribution is -2.38. The molecule has 0 bridgehead atoms. The maximum atomic E-state index is 12.6. The zero-order valence-electron chi connectivity index (χ0n) is 8.82. The first-order valence-electron chi connectivity index (χ1n) is 4.61. The number of nitrogens with zero attached hydrogens (tertiary/aromatic N) is 1. The summed E-state index contributed by atoms with van der Waals surface area (Å²) >= 11 is 0. The number of pyridine rings is 1. The van der Waals surface area contributed by atoms with E-state index in [1.54, 1.807) is 0 Å². The molecule has 2 N–H and O–H groups in total. The standard InChI is InChI=1S/C10H10F3NO3/c1-9(17,8(15)16)5-7-6(10(11,12)13)3-2-4-14-7/h2-4,17H,5H2,1H3,(H,15,16). The average Bonchev–Trinajstić information content (AvgIpc) is 2.15. The van der Waals surface area contributed by atoms with Crippen molar-refractivity contribution in [1.29, 1.82) is 0 Å². The van der Waals surface area contributed by atoms with E-state index in [1.165, 1.54) is 0 Å². The van der Waals surface area contributed by atoms with Gasteiger partial charge in [-0.15, -0.1) is 0 Å². The molecule has 4 nitrogen and oxygen atoms in total. The van der Waals surface area contributed by atoms with E-state index in [4.69, 9.17) is 5.11 Å². The molecule has 17 heavy (non-hydrogen) atoms. The van der Waals surface area contributed by atoms with Crippen molar-refractivity contribution in [3.8, 4) is 0 Å². The molecule has 0 fully saturated rings. The topological polar surface area (TPSA) is 70.4 Å². The van der Waals surface area contributed by atoms with Crippen LogP contribution in [0.3, 0.4) is 0 Å². The van der Waals surface area contributed by atoms with Crippen molar-refractivity contribution in [3.63, 3.8) is 0 Å². The Morgan fingerprint density at radius 1 is 1.47 bits per heavy atom. The van der Waals surface area contributed by atoms with Crippen molar-refractivity contribution in [2.24, 2.45) is 0 Å². The molecule has 1 unspecified atom stereocenters. The molecule has 1 heterocycles. The number of aromatic nitrogens is 1. The van der Waals surface area contributed by atoms with E-state index < -0.39 is 35.4 Å². The van der Waals surface area contributed by atoms with E-state index in [2.05, 4.69) is 4.98 Å². The highest BCUT2D eigenvalue weighted by Gasteiger charge is 2.38. The number of carboxylic acid groups (broad SMARTS) is 1. The first-order chi connectivity index (χ1) is 7.64. The number of hydrogen-bond donors (Lipinski definition) is 2. The largest absolute Gasteiger partial charge is 0.479 e. The van der Waals surface area contributed by atoms with Gasteiger partial charge < -0.3 is 10.2 Å². The Balaban J connectivity index is 3.12. The van der Waals surface area contributed by atoms with Crippen molar-refractivity contribution in [2.75, 3.05) is 0 Å². The molecular formula is C10H10F3NO3. The SMILES string of the molecule is CC(O)(Cc1ncccc1C(F)(F)F)C(=O)O. The molecule has 0 saturated carbocycles. The number of carbonyl (C=O) groups is 1. The molecule has 1 aromatic rings. The molecule has 94 valence electrons. The van der Waals surface area contributed by atoms with Crippen LogP contribution in [0.4, 0.5) is 13.2 Å². The monoisotopic (exact) mass is 249 g/mol. The van der Waals surface area contributed by atoms with Crippen LogP contribution < -0.4 is 0 Å². The molecule has 0 radical (unpaired) electrons. The van der Waals surface area contributed by atoms with Gasteiger partial charge >= 0.3 is 12.1 Å². The molecule has 0 aliphatic heterocycles. The fourth-order valence-electron chi connectivity index (χ4n) is 1.24. The minimum Gasteiger partial charge on any atom is -0.479 e. The van der Waals surface area contributed by atoms with Gasteiger partial charge in [-0.25, -0.2) is 4.79 Å². The lowest BCUT2D eigenvalue weighted by molar-refractivity contribution is -0.157. The van der Waals surface area contributed by atoms with Crippen LogP contribution in [0, 0.1) is 0 Å². The fourth-order valence-corrected chi connectivity index (χ4v) is 1.24. The fraction of sp³-hybridized carbons (Fsp3) is 0.400. The smallest absolute Gasteiger partial charge is 0.418 e.